The Morgan fingerprint density at radius 1 is 1.14 bits per heavy atom. The van der Waals surface area contributed by atoms with E-state index >= 15 is 0 Å². The van der Waals surface area contributed by atoms with Crippen LogP contribution in [0.15, 0.2) is 60.9 Å². The molecule has 0 spiro atoms. The highest BCUT2D eigenvalue weighted by Gasteiger charge is 2.24. The molecule has 1 aliphatic heterocycles. The van der Waals surface area contributed by atoms with Crippen molar-refractivity contribution in [3.05, 3.63) is 72.3 Å². The molecule has 2 N–H and O–H groups in total. The number of fused-ring (bicyclic) bond motifs is 2. The van der Waals surface area contributed by atoms with Crippen molar-refractivity contribution >= 4 is 27.8 Å². The Morgan fingerprint density at radius 2 is 2.03 bits per heavy atom. The van der Waals surface area contributed by atoms with E-state index in [2.05, 4.69) is 27.7 Å². The average molecular weight is 466 g/mol. The summed E-state index contributed by atoms with van der Waals surface area (Å²) in [6.45, 7) is 1.65. The Kier molecular flexibility index (Phi) is 5.01. The molecule has 3 aromatic heterocycles. The number of rotatable bonds is 3. The molecule has 0 bridgehead atoms. The van der Waals surface area contributed by atoms with E-state index in [-0.39, 0.29) is 11.6 Å². The molecule has 2 aromatic carbocycles. The van der Waals surface area contributed by atoms with Crippen LogP contribution in [0.4, 0.5) is 10.1 Å². The van der Waals surface area contributed by atoms with Crippen molar-refractivity contribution in [2.45, 2.75) is 18.9 Å². The Hall–Kier alpha value is -4.22. The molecule has 0 aliphatic carbocycles. The van der Waals surface area contributed by atoms with Crippen LogP contribution < -0.4 is 10.6 Å². The fourth-order valence-electron chi connectivity index (χ4n) is 5.04. The third kappa shape index (κ3) is 3.52. The lowest BCUT2D eigenvalue weighted by Crippen LogP contribution is -2.42. The van der Waals surface area contributed by atoms with Gasteiger partial charge in [0, 0.05) is 60.7 Å². The lowest BCUT2D eigenvalue weighted by molar-refractivity contribution is 0.507. The van der Waals surface area contributed by atoms with E-state index in [1.165, 1.54) is 12.1 Å². The van der Waals surface area contributed by atoms with Gasteiger partial charge in [0.25, 0.3) is 0 Å². The van der Waals surface area contributed by atoms with Crippen LogP contribution in [0.1, 0.15) is 18.4 Å². The van der Waals surface area contributed by atoms with Gasteiger partial charge in [-0.15, -0.1) is 0 Å². The van der Waals surface area contributed by atoms with Crippen molar-refractivity contribution in [1.82, 2.24) is 19.1 Å². The zero-order valence-corrected chi connectivity index (χ0v) is 19.3. The van der Waals surface area contributed by atoms with Crippen molar-refractivity contribution in [1.29, 1.82) is 5.26 Å². The molecule has 4 heterocycles. The zero-order chi connectivity index (χ0) is 24.1. The molecule has 8 heteroatoms. The topological polar surface area (TPSA) is 88.7 Å². The summed E-state index contributed by atoms with van der Waals surface area (Å²) in [5.74, 6) is -0.00256. The van der Waals surface area contributed by atoms with E-state index in [1.54, 1.807) is 12.3 Å². The molecular weight excluding hydrogens is 441 g/mol. The van der Waals surface area contributed by atoms with Gasteiger partial charge in [0.2, 0.25) is 0 Å². The Balaban J connectivity index is 1.61. The molecule has 0 amide bonds. The van der Waals surface area contributed by atoms with Gasteiger partial charge in [0.15, 0.2) is 5.65 Å². The molecular formula is C27H24FN7. The van der Waals surface area contributed by atoms with Gasteiger partial charge in [-0.3, -0.25) is 4.57 Å². The minimum Gasteiger partial charge on any atom is -0.368 e. The number of halogens is 1. The normalized spacial score (nSPS) is 16.2. The number of nitrogens with zero attached hydrogens (tertiary/aromatic N) is 6. The first-order valence-corrected chi connectivity index (χ1v) is 11.7. The minimum absolute atomic E-state index is 0.00300. The van der Waals surface area contributed by atoms with Gasteiger partial charge in [-0.2, -0.15) is 5.26 Å². The number of aromatic nitrogens is 4. The van der Waals surface area contributed by atoms with E-state index in [9.17, 15) is 9.65 Å². The summed E-state index contributed by atoms with van der Waals surface area (Å²) in [7, 11) is 2.01. The highest BCUT2D eigenvalue weighted by Crippen LogP contribution is 2.34. The van der Waals surface area contributed by atoms with Gasteiger partial charge < -0.3 is 15.2 Å². The number of hydrogen-bond acceptors (Lipinski definition) is 5. The quantitative estimate of drug-likeness (QED) is 0.423. The molecule has 1 atom stereocenters. The number of aryl methyl sites for hydroxylation is 1. The number of pyridine rings is 1. The Labute approximate surface area is 201 Å². The van der Waals surface area contributed by atoms with E-state index in [4.69, 9.17) is 15.7 Å². The molecule has 174 valence electrons. The third-order valence-corrected chi connectivity index (χ3v) is 6.80. The number of benzene rings is 2. The molecule has 0 saturated carbocycles. The van der Waals surface area contributed by atoms with Gasteiger partial charge in [-0.1, -0.05) is 0 Å². The van der Waals surface area contributed by atoms with Gasteiger partial charge in [-0.25, -0.2) is 14.4 Å². The van der Waals surface area contributed by atoms with Crippen LogP contribution in [0.2, 0.25) is 0 Å². The first kappa shape index (κ1) is 21.3. The predicted octanol–water partition coefficient (Wildman–Crippen LogP) is 4.52. The first-order chi connectivity index (χ1) is 17.0. The van der Waals surface area contributed by atoms with Crippen molar-refractivity contribution in [2.75, 3.05) is 18.0 Å². The second-order valence-electron chi connectivity index (χ2n) is 9.10. The summed E-state index contributed by atoms with van der Waals surface area (Å²) >= 11 is 0. The van der Waals surface area contributed by atoms with Crippen LogP contribution in [0, 0.1) is 17.1 Å². The molecule has 1 unspecified atom stereocenters. The maximum absolute atomic E-state index is 14.6. The monoisotopic (exact) mass is 465 g/mol. The Bertz CT molecular complexity index is 1620. The van der Waals surface area contributed by atoms with Crippen LogP contribution in [0.3, 0.4) is 0 Å². The molecule has 6 rings (SSSR count). The number of imidazole rings is 1. The standard InChI is InChI=1S/C27H24FN7/c1-33-12-9-17-13-21(6-7-23(17)33)35-26(18-4-5-19(15-29)22(28)14-18)32-25-24(8-10-31-27(25)35)34-11-2-3-20(30)16-34/h4-10,12-14,20H,2-3,11,16,30H2,1H3. The molecule has 1 saturated heterocycles. The summed E-state index contributed by atoms with van der Waals surface area (Å²) in [6, 6.07) is 16.8. The molecule has 7 nitrogen and oxygen atoms in total. The molecule has 0 radical (unpaired) electrons. The van der Waals surface area contributed by atoms with Crippen molar-refractivity contribution in [3.63, 3.8) is 0 Å². The summed E-state index contributed by atoms with van der Waals surface area (Å²) in [5, 5.41) is 10.3. The number of anilines is 1. The number of nitriles is 1. The number of nitrogens with two attached hydrogens (primary N) is 1. The smallest absolute Gasteiger partial charge is 0.167 e. The van der Waals surface area contributed by atoms with Crippen LogP contribution in [-0.4, -0.2) is 38.2 Å². The van der Waals surface area contributed by atoms with Crippen molar-refractivity contribution in [2.24, 2.45) is 12.8 Å². The summed E-state index contributed by atoms with van der Waals surface area (Å²) in [6.07, 6.45) is 5.84. The predicted molar refractivity (Wildman–Crippen MR) is 135 cm³/mol. The third-order valence-electron chi connectivity index (χ3n) is 6.80. The van der Waals surface area contributed by atoms with Crippen LogP contribution in [0.25, 0.3) is 39.1 Å². The van der Waals surface area contributed by atoms with E-state index in [0.717, 1.165) is 53.7 Å². The largest absolute Gasteiger partial charge is 0.368 e. The minimum atomic E-state index is -0.572. The molecule has 35 heavy (non-hydrogen) atoms. The van der Waals surface area contributed by atoms with E-state index in [0.29, 0.717) is 17.0 Å². The lowest BCUT2D eigenvalue weighted by atomic mass is 10.1. The van der Waals surface area contributed by atoms with Crippen LogP contribution in [0.5, 0.6) is 0 Å². The fraction of sp³-hybridized carbons (Fsp3) is 0.222. The van der Waals surface area contributed by atoms with Gasteiger partial charge in [0.05, 0.1) is 11.3 Å². The lowest BCUT2D eigenvalue weighted by Gasteiger charge is -2.32. The molecule has 5 aromatic rings. The summed E-state index contributed by atoms with van der Waals surface area (Å²) < 4.78 is 18.7. The van der Waals surface area contributed by atoms with Gasteiger partial charge >= 0.3 is 0 Å². The summed E-state index contributed by atoms with van der Waals surface area (Å²) in [4.78, 5) is 12.0. The number of hydrogen-bond donors (Lipinski definition) is 1. The van der Waals surface area contributed by atoms with Gasteiger partial charge in [0.1, 0.15) is 23.2 Å². The summed E-state index contributed by atoms with van der Waals surface area (Å²) in [5.41, 5.74) is 11.3. The highest BCUT2D eigenvalue weighted by molar-refractivity contribution is 5.92. The maximum Gasteiger partial charge on any atom is 0.167 e. The van der Waals surface area contributed by atoms with Crippen molar-refractivity contribution < 1.29 is 4.39 Å². The van der Waals surface area contributed by atoms with Crippen LogP contribution >= 0.6 is 0 Å². The van der Waals surface area contributed by atoms with Crippen LogP contribution in [-0.2, 0) is 7.05 Å². The highest BCUT2D eigenvalue weighted by atomic mass is 19.1. The second kappa shape index (κ2) is 8.22. The van der Waals surface area contributed by atoms with E-state index in [1.807, 2.05) is 36.0 Å². The fourth-order valence-corrected chi connectivity index (χ4v) is 5.04. The SMILES string of the molecule is Cn1ccc2cc(-n3c(-c4ccc(C#N)c(F)c4)nc4c(N5CCCC(N)C5)ccnc43)ccc21. The Morgan fingerprint density at radius 3 is 2.83 bits per heavy atom. The molecule has 1 fully saturated rings. The number of piperidine rings is 1. The van der Waals surface area contributed by atoms with Crippen molar-refractivity contribution in [3.8, 4) is 23.1 Å². The maximum atomic E-state index is 14.6. The second-order valence-corrected chi connectivity index (χ2v) is 9.10. The average Bonchev–Trinajstić information content (AvgIpc) is 3.44. The first-order valence-electron chi connectivity index (χ1n) is 11.7. The van der Waals surface area contributed by atoms with Gasteiger partial charge in [-0.05, 0) is 61.4 Å². The van der Waals surface area contributed by atoms with E-state index < -0.39 is 5.82 Å². The zero-order valence-electron chi connectivity index (χ0n) is 19.3. The molecule has 1 aliphatic rings.